The molecule has 2 aromatic rings. The second-order valence-electron chi connectivity index (χ2n) is 4.64. The molecular weight excluding hydrogens is 245 g/mol. The first-order valence-corrected chi connectivity index (χ1v) is 6.38. The van der Waals surface area contributed by atoms with Crippen molar-refractivity contribution in [1.82, 2.24) is 14.8 Å². The standard InChI is InChI=1S/C13H16FN5/c14-11-2-1-3-12(10(11)4-5-15)18-6-7-19-9-16-17-13(19)8-18/h1-3,9H,4-8,15H2. The maximum Gasteiger partial charge on any atom is 0.152 e. The van der Waals surface area contributed by atoms with Crippen LogP contribution in [0, 0.1) is 5.82 Å². The summed E-state index contributed by atoms with van der Waals surface area (Å²) in [6, 6.07) is 5.17. The normalized spacial score (nSPS) is 14.5. The fourth-order valence-electron chi connectivity index (χ4n) is 2.51. The van der Waals surface area contributed by atoms with Crippen molar-refractivity contribution in [2.75, 3.05) is 18.0 Å². The van der Waals surface area contributed by atoms with Gasteiger partial charge >= 0.3 is 0 Å². The molecule has 0 saturated carbocycles. The Morgan fingerprint density at radius 2 is 2.21 bits per heavy atom. The summed E-state index contributed by atoms with van der Waals surface area (Å²) in [7, 11) is 0. The molecule has 2 N–H and O–H groups in total. The maximum absolute atomic E-state index is 13.9. The quantitative estimate of drug-likeness (QED) is 0.893. The van der Waals surface area contributed by atoms with E-state index in [2.05, 4.69) is 15.1 Å². The monoisotopic (exact) mass is 261 g/mol. The number of nitrogens with two attached hydrogens (primary N) is 1. The highest BCUT2D eigenvalue weighted by molar-refractivity contribution is 5.54. The van der Waals surface area contributed by atoms with E-state index >= 15 is 0 Å². The zero-order valence-corrected chi connectivity index (χ0v) is 10.6. The van der Waals surface area contributed by atoms with Crippen LogP contribution in [0.15, 0.2) is 24.5 Å². The summed E-state index contributed by atoms with van der Waals surface area (Å²) < 4.78 is 15.9. The number of benzene rings is 1. The van der Waals surface area contributed by atoms with Gasteiger partial charge in [-0.3, -0.25) is 0 Å². The Bertz CT molecular complexity index is 580. The van der Waals surface area contributed by atoms with Crippen LogP contribution >= 0.6 is 0 Å². The topological polar surface area (TPSA) is 60.0 Å². The summed E-state index contributed by atoms with van der Waals surface area (Å²) in [5.74, 6) is 0.726. The van der Waals surface area contributed by atoms with E-state index in [1.54, 1.807) is 12.4 Å². The van der Waals surface area contributed by atoms with Crippen molar-refractivity contribution in [3.8, 4) is 0 Å². The van der Waals surface area contributed by atoms with Gasteiger partial charge in [-0.1, -0.05) is 6.07 Å². The van der Waals surface area contributed by atoms with Crippen LogP contribution < -0.4 is 10.6 Å². The third kappa shape index (κ3) is 2.19. The van der Waals surface area contributed by atoms with Crippen molar-refractivity contribution in [1.29, 1.82) is 0 Å². The average molecular weight is 261 g/mol. The molecular formula is C13H16FN5. The number of halogens is 1. The first-order chi connectivity index (χ1) is 9.29. The van der Waals surface area contributed by atoms with Gasteiger partial charge in [0.2, 0.25) is 0 Å². The predicted octanol–water partition coefficient (Wildman–Crippen LogP) is 0.939. The van der Waals surface area contributed by atoms with E-state index in [4.69, 9.17) is 5.73 Å². The number of hydrogen-bond acceptors (Lipinski definition) is 4. The van der Waals surface area contributed by atoms with Gasteiger partial charge in [-0.2, -0.15) is 0 Å². The SMILES string of the molecule is NCCc1c(F)cccc1N1CCn2cnnc2C1. The molecule has 2 heterocycles. The fourth-order valence-corrected chi connectivity index (χ4v) is 2.51. The average Bonchev–Trinajstić information content (AvgIpc) is 2.88. The molecule has 0 aliphatic carbocycles. The second-order valence-corrected chi connectivity index (χ2v) is 4.64. The lowest BCUT2D eigenvalue weighted by Gasteiger charge is -2.30. The van der Waals surface area contributed by atoms with Gasteiger partial charge < -0.3 is 15.2 Å². The zero-order valence-electron chi connectivity index (χ0n) is 10.6. The largest absolute Gasteiger partial charge is 0.362 e. The number of nitrogens with zero attached hydrogens (tertiary/aromatic N) is 4. The van der Waals surface area contributed by atoms with Crippen molar-refractivity contribution in [2.45, 2.75) is 19.5 Å². The zero-order chi connectivity index (χ0) is 13.2. The van der Waals surface area contributed by atoms with E-state index < -0.39 is 0 Å². The first kappa shape index (κ1) is 12.1. The van der Waals surface area contributed by atoms with Gasteiger partial charge in [0, 0.05) is 24.3 Å². The molecule has 0 spiro atoms. The maximum atomic E-state index is 13.9. The number of rotatable bonds is 3. The van der Waals surface area contributed by atoms with E-state index in [0.717, 1.165) is 24.6 Å². The summed E-state index contributed by atoms with van der Waals surface area (Å²) in [6.45, 7) is 2.74. The molecule has 0 bridgehead atoms. The van der Waals surface area contributed by atoms with E-state index in [1.165, 1.54) is 6.07 Å². The van der Waals surface area contributed by atoms with E-state index in [-0.39, 0.29) is 5.82 Å². The minimum absolute atomic E-state index is 0.185. The molecule has 3 rings (SSSR count). The Balaban J connectivity index is 1.93. The van der Waals surface area contributed by atoms with E-state index in [0.29, 0.717) is 25.1 Å². The lowest BCUT2D eigenvalue weighted by molar-refractivity contribution is 0.553. The van der Waals surface area contributed by atoms with Crippen molar-refractivity contribution in [3.05, 3.63) is 41.7 Å². The van der Waals surface area contributed by atoms with Gasteiger partial charge in [0.05, 0.1) is 6.54 Å². The number of fused-ring (bicyclic) bond motifs is 1. The Labute approximate surface area is 110 Å². The number of hydrogen-bond donors (Lipinski definition) is 1. The molecule has 0 fully saturated rings. The molecule has 1 aliphatic heterocycles. The highest BCUT2D eigenvalue weighted by Gasteiger charge is 2.20. The molecule has 0 atom stereocenters. The lowest BCUT2D eigenvalue weighted by atomic mass is 10.1. The van der Waals surface area contributed by atoms with Crippen LogP contribution in [0.25, 0.3) is 0 Å². The van der Waals surface area contributed by atoms with Crippen molar-refractivity contribution in [3.63, 3.8) is 0 Å². The summed E-state index contributed by atoms with van der Waals surface area (Å²) in [5.41, 5.74) is 7.19. The molecule has 0 amide bonds. The summed E-state index contributed by atoms with van der Waals surface area (Å²) >= 11 is 0. The van der Waals surface area contributed by atoms with Gasteiger partial charge in [-0.25, -0.2) is 4.39 Å². The Morgan fingerprint density at radius 3 is 3.05 bits per heavy atom. The molecule has 0 saturated heterocycles. The first-order valence-electron chi connectivity index (χ1n) is 6.38. The number of aromatic nitrogens is 3. The molecule has 100 valence electrons. The Kier molecular flexibility index (Phi) is 3.16. The Hall–Kier alpha value is -1.95. The van der Waals surface area contributed by atoms with Crippen molar-refractivity contribution < 1.29 is 4.39 Å². The number of anilines is 1. The van der Waals surface area contributed by atoms with Crippen molar-refractivity contribution >= 4 is 5.69 Å². The van der Waals surface area contributed by atoms with Gasteiger partial charge in [0.1, 0.15) is 12.1 Å². The van der Waals surface area contributed by atoms with Gasteiger partial charge in [-0.15, -0.1) is 10.2 Å². The molecule has 1 aliphatic rings. The Morgan fingerprint density at radius 1 is 1.32 bits per heavy atom. The molecule has 6 heteroatoms. The summed E-state index contributed by atoms with van der Waals surface area (Å²) in [6.07, 6.45) is 2.28. The molecule has 0 radical (unpaired) electrons. The van der Waals surface area contributed by atoms with Crippen LogP contribution in [0.5, 0.6) is 0 Å². The van der Waals surface area contributed by atoms with Gasteiger partial charge in [0.15, 0.2) is 5.82 Å². The van der Waals surface area contributed by atoms with Gasteiger partial charge in [-0.05, 0) is 25.1 Å². The van der Waals surface area contributed by atoms with Crippen LogP contribution in [0.4, 0.5) is 10.1 Å². The fraction of sp³-hybridized carbons (Fsp3) is 0.385. The third-order valence-corrected chi connectivity index (χ3v) is 3.47. The highest BCUT2D eigenvalue weighted by atomic mass is 19.1. The molecule has 1 aromatic heterocycles. The van der Waals surface area contributed by atoms with Crippen LogP contribution in [0.1, 0.15) is 11.4 Å². The van der Waals surface area contributed by atoms with Crippen LogP contribution in [0.3, 0.4) is 0 Å². The van der Waals surface area contributed by atoms with E-state index in [9.17, 15) is 4.39 Å². The molecule has 19 heavy (non-hydrogen) atoms. The molecule has 1 aromatic carbocycles. The van der Waals surface area contributed by atoms with E-state index in [1.807, 2.05) is 10.6 Å². The smallest absolute Gasteiger partial charge is 0.152 e. The summed E-state index contributed by atoms with van der Waals surface area (Å²) in [4.78, 5) is 2.14. The predicted molar refractivity (Wildman–Crippen MR) is 70.2 cm³/mol. The highest BCUT2D eigenvalue weighted by Crippen LogP contribution is 2.26. The van der Waals surface area contributed by atoms with Crippen LogP contribution in [-0.2, 0) is 19.5 Å². The van der Waals surface area contributed by atoms with Crippen LogP contribution in [-0.4, -0.2) is 27.9 Å². The van der Waals surface area contributed by atoms with Gasteiger partial charge in [0.25, 0.3) is 0 Å². The van der Waals surface area contributed by atoms with Crippen molar-refractivity contribution in [2.24, 2.45) is 5.73 Å². The second kappa shape index (κ2) is 4.97. The third-order valence-electron chi connectivity index (χ3n) is 3.47. The molecule has 0 unspecified atom stereocenters. The minimum Gasteiger partial charge on any atom is -0.362 e. The lowest BCUT2D eigenvalue weighted by Crippen LogP contribution is -2.34. The van der Waals surface area contributed by atoms with Crippen LogP contribution in [0.2, 0.25) is 0 Å². The minimum atomic E-state index is -0.185. The molecule has 5 nitrogen and oxygen atoms in total. The summed E-state index contributed by atoms with van der Waals surface area (Å²) in [5, 5.41) is 7.98.